The zero-order valence-corrected chi connectivity index (χ0v) is 13.5. The van der Waals surface area contributed by atoms with Crippen LogP contribution in [0.1, 0.15) is 6.42 Å². The average Bonchev–Trinajstić information content (AvgIpc) is 2.52. The third-order valence-electron chi connectivity index (χ3n) is 3.51. The van der Waals surface area contributed by atoms with Crippen LogP contribution >= 0.6 is 0 Å². The van der Waals surface area contributed by atoms with Gasteiger partial charge in [0.2, 0.25) is 10.0 Å². The van der Waals surface area contributed by atoms with Crippen LogP contribution in [0.15, 0.2) is 29.2 Å². The van der Waals surface area contributed by atoms with Gasteiger partial charge in [0, 0.05) is 32.7 Å². The number of piperazine rings is 1. The first-order chi connectivity index (χ1) is 11.0. The van der Waals surface area contributed by atoms with Gasteiger partial charge < -0.3 is 15.0 Å². The number of alkyl halides is 2. The zero-order chi connectivity index (χ0) is 16.7. The first-order valence-corrected chi connectivity index (χ1v) is 8.94. The van der Waals surface area contributed by atoms with Crippen LogP contribution in [0.4, 0.5) is 8.78 Å². The summed E-state index contributed by atoms with van der Waals surface area (Å²) in [5.41, 5.74) is 0. The van der Waals surface area contributed by atoms with Gasteiger partial charge in [0.05, 0.1) is 0 Å². The van der Waals surface area contributed by atoms with E-state index in [0.717, 1.165) is 32.7 Å². The van der Waals surface area contributed by atoms with Crippen LogP contribution < -0.4 is 14.8 Å². The molecule has 2 N–H and O–H groups in total. The summed E-state index contributed by atoms with van der Waals surface area (Å²) < 4.78 is 55.9. The standard InChI is InChI=1S/C14H21F2N3O3S/c15-14(16)22-12-4-1-2-5-13(12)23(20,21)18-6-3-9-19-10-7-17-8-11-19/h1-2,4-5,14,17-18H,3,6-11H2. The molecule has 23 heavy (non-hydrogen) atoms. The third kappa shape index (κ3) is 5.69. The normalized spacial score (nSPS) is 16.7. The largest absolute Gasteiger partial charge is 0.433 e. The Morgan fingerprint density at radius 1 is 1.26 bits per heavy atom. The van der Waals surface area contributed by atoms with Gasteiger partial charge in [0.15, 0.2) is 0 Å². The highest BCUT2D eigenvalue weighted by Crippen LogP contribution is 2.24. The monoisotopic (exact) mass is 349 g/mol. The molecule has 6 nitrogen and oxygen atoms in total. The number of hydrogen-bond donors (Lipinski definition) is 2. The lowest BCUT2D eigenvalue weighted by molar-refractivity contribution is -0.0517. The topological polar surface area (TPSA) is 70.7 Å². The van der Waals surface area contributed by atoms with E-state index < -0.39 is 16.6 Å². The predicted molar refractivity (Wildman–Crippen MR) is 82.2 cm³/mol. The molecule has 0 spiro atoms. The van der Waals surface area contributed by atoms with E-state index in [2.05, 4.69) is 19.7 Å². The van der Waals surface area contributed by atoms with E-state index in [0.29, 0.717) is 6.42 Å². The van der Waals surface area contributed by atoms with Gasteiger partial charge in [0.1, 0.15) is 10.6 Å². The lowest BCUT2D eigenvalue weighted by Gasteiger charge is -2.27. The van der Waals surface area contributed by atoms with Crippen molar-refractivity contribution in [3.05, 3.63) is 24.3 Å². The second-order valence-electron chi connectivity index (χ2n) is 5.17. The molecular formula is C14H21F2N3O3S. The molecule has 1 aromatic rings. The minimum atomic E-state index is -3.88. The maximum absolute atomic E-state index is 12.4. The summed E-state index contributed by atoms with van der Waals surface area (Å²) in [5, 5.41) is 3.24. The summed E-state index contributed by atoms with van der Waals surface area (Å²) in [4.78, 5) is 1.97. The van der Waals surface area contributed by atoms with Crippen molar-refractivity contribution in [2.24, 2.45) is 0 Å². The molecule has 0 amide bonds. The Bertz CT molecular complexity index is 593. The predicted octanol–water partition coefficient (Wildman–Crippen LogP) is 0.862. The Labute approximate surface area is 134 Å². The van der Waals surface area contributed by atoms with Crippen LogP contribution in [0.2, 0.25) is 0 Å². The van der Waals surface area contributed by atoms with E-state index in [1.54, 1.807) is 0 Å². The molecule has 1 saturated heterocycles. The Balaban J connectivity index is 1.88. The van der Waals surface area contributed by atoms with E-state index in [4.69, 9.17) is 0 Å². The van der Waals surface area contributed by atoms with Gasteiger partial charge in [-0.2, -0.15) is 8.78 Å². The minimum Gasteiger partial charge on any atom is -0.433 e. The molecule has 1 heterocycles. The Morgan fingerprint density at radius 3 is 2.65 bits per heavy atom. The van der Waals surface area contributed by atoms with Crippen molar-refractivity contribution >= 4 is 10.0 Å². The summed E-state index contributed by atoms with van der Waals surface area (Å²) in [6.07, 6.45) is 0.650. The van der Waals surface area contributed by atoms with Gasteiger partial charge in [0.25, 0.3) is 0 Å². The van der Waals surface area contributed by atoms with Crippen molar-refractivity contribution in [3.63, 3.8) is 0 Å². The molecule has 1 aliphatic rings. The van der Waals surface area contributed by atoms with Crippen LogP contribution in [0.5, 0.6) is 5.75 Å². The smallest absolute Gasteiger partial charge is 0.387 e. The highest BCUT2D eigenvalue weighted by Gasteiger charge is 2.20. The minimum absolute atomic E-state index is 0.245. The number of nitrogens with zero attached hydrogens (tertiary/aromatic N) is 1. The van der Waals surface area contributed by atoms with E-state index in [1.807, 2.05) is 0 Å². The molecule has 0 unspecified atom stereocenters. The van der Waals surface area contributed by atoms with E-state index in [-0.39, 0.29) is 17.2 Å². The maximum Gasteiger partial charge on any atom is 0.387 e. The summed E-state index contributed by atoms with van der Waals surface area (Å²) in [7, 11) is -3.88. The summed E-state index contributed by atoms with van der Waals surface area (Å²) >= 11 is 0. The molecule has 0 bridgehead atoms. The van der Waals surface area contributed by atoms with E-state index in [1.165, 1.54) is 24.3 Å². The van der Waals surface area contributed by atoms with Gasteiger partial charge in [-0.15, -0.1) is 0 Å². The number of para-hydroxylation sites is 1. The quantitative estimate of drug-likeness (QED) is 0.682. The van der Waals surface area contributed by atoms with Crippen molar-refractivity contribution in [1.29, 1.82) is 0 Å². The first kappa shape index (κ1) is 18.1. The highest BCUT2D eigenvalue weighted by atomic mass is 32.2. The fourth-order valence-corrected chi connectivity index (χ4v) is 3.59. The Morgan fingerprint density at radius 2 is 1.96 bits per heavy atom. The average molecular weight is 349 g/mol. The van der Waals surface area contributed by atoms with Crippen molar-refractivity contribution in [1.82, 2.24) is 14.9 Å². The molecule has 2 rings (SSSR count). The molecule has 0 atom stereocenters. The fourth-order valence-electron chi connectivity index (χ4n) is 2.39. The van der Waals surface area contributed by atoms with Gasteiger partial charge >= 0.3 is 6.61 Å². The number of nitrogens with one attached hydrogen (secondary N) is 2. The van der Waals surface area contributed by atoms with Crippen molar-refractivity contribution < 1.29 is 21.9 Å². The molecule has 1 fully saturated rings. The molecule has 9 heteroatoms. The van der Waals surface area contributed by atoms with E-state index >= 15 is 0 Å². The molecule has 0 aromatic heterocycles. The molecule has 0 aliphatic carbocycles. The number of hydrogen-bond acceptors (Lipinski definition) is 5. The van der Waals surface area contributed by atoms with E-state index in [9.17, 15) is 17.2 Å². The SMILES string of the molecule is O=S(=O)(NCCCN1CCNCC1)c1ccccc1OC(F)F. The number of rotatable bonds is 8. The molecule has 1 aromatic carbocycles. The number of ether oxygens (including phenoxy) is 1. The molecule has 130 valence electrons. The Kier molecular flexibility index (Phi) is 6.70. The summed E-state index contributed by atoms with van der Waals surface area (Å²) in [6.45, 7) is 1.72. The summed E-state index contributed by atoms with van der Waals surface area (Å²) in [6, 6.07) is 5.37. The Hall–Kier alpha value is -1.29. The molecule has 0 radical (unpaired) electrons. The van der Waals surface area contributed by atoms with Crippen LogP contribution in [0.3, 0.4) is 0 Å². The highest BCUT2D eigenvalue weighted by molar-refractivity contribution is 7.89. The first-order valence-electron chi connectivity index (χ1n) is 7.45. The van der Waals surface area contributed by atoms with Crippen LogP contribution in [-0.4, -0.2) is 59.2 Å². The van der Waals surface area contributed by atoms with Crippen LogP contribution in [0, 0.1) is 0 Å². The van der Waals surface area contributed by atoms with Gasteiger partial charge in [-0.3, -0.25) is 0 Å². The lowest BCUT2D eigenvalue weighted by Crippen LogP contribution is -2.44. The number of halogens is 2. The lowest BCUT2D eigenvalue weighted by atomic mass is 10.3. The fraction of sp³-hybridized carbons (Fsp3) is 0.571. The van der Waals surface area contributed by atoms with Crippen molar-refractivity contribution in [2.75, 3.05) is 39.3 Å². The molecular weight excluding hydrogens is 328 g/mol. The van der Waals surface area contributed by atoms with Crippen LogP contribution in [-0.2, 0) is 10.0 Å². The maximum atomic E-state index is 12.4. The van der Waals surface area contributed by atoms with Crippen molar-refractivity contribution in [2.45, 2.75) is 17.9 Å². The molecule has 1 aliphatic heterocycles. The summed E-state index contributed by atoms with van der Waals surface area (Å²) in [5.74, 6) is -0.350. The third-order valence-corrected chi connectivity index (χ3v) is 5.01. The number of benzene rings is 1. The van der Waals surface area contributed by atoms with Gasteiger partial charge in [-0.05, 0) is 25.1 Å². The van der Waals surface area contributed by atoms with Gasteiger partial charge in [-0.25, -0.2) is 13.1 Å². The second kappa shape index (κ2) is 8.53. The van der Waals surface area contributed by atoms with Crippen molar-refractivity contribution in [3.8, 4) is 5.75 Å². The van der Waals surface area contributed by atoms with Gasteiger partial charge in [-0.1, -0.05) is 12.1 Å². The van der Waals surface area contributed by atoms with Crippen LogP contribution in [0.25, 0.3) is 0 Å². The molecule has 0 saturated carbocycles. The second-order valence-corrected chi connectivity index (χ2v) is 6.90. The zero-order valence-electron chi connectivity index (χ0n) is 12.7. The number of sulfonamides is 1.